The lowest BCUT2D eigenvalue weighted by atomic mass is 9.76. The molecule has 2 aliphatic heterocycles. The van der Waals surface area contributed by atoms with Gasteiger partial charge in [-0.3, -0.25) is 4.90 Å². The Bertz CT molecular complexity index is 681. The molecule has 0 amide bonds. The van der Waals surface area contributed by atoms with Gasteiger partial charge < -0.3 is 15.1 Å². The van der Waals surface area contributed by atoms with E-state index in [0.717, 1.165) is 49.9 Å². The van der Waals surface area contributed by atoms with Crippen molar-refractivity contribution in [2.24, 2.45) is 0 Å². The van der Waals surface area contributed by atoms with E-state index in [9.17, 15) is 10.2 Å². The summed E-state index contributed by atoms with van der Waals surface area (Å²) in [5.41, 5.74) is 3.48. The molecule has 3 atom stereocenters. The molecule has 1 spiro atoms. The molecule has 0 radical (unpaired) electrons. The van der Waals surface area contributed by atoms with E-state index in [1.165, 1.54) is 5.70 Å². The molecule has 1 aromatic carbocycles. The molecule has 4 rings (SSSR count). The van der Waals surface area contributed by atoms with Crippen LogP contribution in [0, 0.1) is 0 Å². The van der Waals surface area contributed by atoms with Crippen LogP contribution < -0.4 is 0 Å². The average Bonchev–Trinajstić information content (AvgIpc) is 2.87. The van der Waals surface area contributed by atoms with Gasteiger partial charge in [-0.2, -0.15) is 0 Å². The highest BCUT2D eigenvalue weighted by Gasteiger charge is 2.52. The molecule has 0 aromatic heterocycles. The fraction of sp³-hybridized carbons (Fsp3) is 0.500. The Balaban J connectivity index is 1.68. The number of aromatic hydroxyl groups is 1. The number of rotatable bonds is 1. The maximum absolute atomic E-state index is 10.4. The molecule has 2 N–H and O–H groups in total. The van der Waals surface area contributed by atoms with Gasteiger partial charge in [0.1, 0.15) is 5.75 Å². The van der Waals surface area contributed by atoms with Gasteiger partial charge in [-0.05, 0) is 55.7 Å². The Labute approximate surface area is 143 Å². The van der Waals surface area contributed by atoms with Gasteiger partial charge in [0.15, 0.2) is 0 Å². The number of piperazine rings is 1. The van der Waals surface area contributed by atoms with Crippen LogP contribution in [0.4, 0.5) is 0 Å². The minimum atomic E-state index is -0.377. The summed E-state index contributed by atoms with van der Waals surface area (Å²) in [6.07, 6.45) is 5.78. The SMILES string of the molecule is C=C1CCC2(CC1O)CC1CN2C(=Cc2ccc(O)cc2)CN1C. The lowest BCUT2D eigenvalue weighted by molar-refractivity contribution is 0.0620. The third-order valence-corrected chi connectivity index (χ3v) is 6.15. The highest BCUT2D eigenvalue weighted by atomic mass is 16.3. The number of phenolic OH excluding ortho intramolecular Hbond substituents is 1. The van der Waals surface area contributed by atoms with Crippen LogP contribution in [0.15, 0.2) is 42.1 Å². The number of hydrogen-bond donors (Lipinski definition) is 2. The predicted octanol–water partition coefficient (Wildman–Crippen LogP) is 2.59. The van der Waals surface area contributed by atoms with Crippen molar-refractivity contribution >= 4 is 6.08 Å². The molecule has 2 saturated heterocycles. The Kier molecular flexibility index (Phi) is 3.70. The van der Waals surface area contributed by atoms with E-state index in [2.05, 4.69) is 29.5 Å². The van der Waals surface area contributed by atoms with E-state index in [0.29, 0.717) is 11.8 Å². The highest BCUT2D eigenvalue weighted by Crippen LogP contribution is 2.48. The molecule has 2 bridgehead atoms. The number of fused-ring (bicyclic) bond motifs is 3. The summed E-state index contributed by atoms with van der Waals surface area (Å²) in [5, 5.41) is 19.9. The van der Waals surface area contributed by atoms with Crippen LogP contribution in [0.2, 0.25) is 0 Å². The number of nitrogens with zero attached hydrogens (tertiary/aromatic N) is 2. The molecular weight excluding hydrogens is 300 g/mol. The molecule has 3 aliphatic rings. The fourth-order valence-corrected chi connectivity index (χ4v) is 4.69. The fourth-order valence-electron chi connectivity index (χ4n) is 4.69. The van der Waals surface area contributed by atoms with Gasteiger partial charge in [0.05, 0.1) is 6.10 Å². The standard InChI is InChI=1S/C20H26N2O2/c1-14-7-8-20(11-19(14)24)10-17-13-22(20)16(12-21(17)2)9-15-3-5-18(23)6-4-15/h3-6,9,17,19,23-24H,1,7-8,10-13H2,2H3. The zero-order valence-corrected chi connectivity index (χ0v) is 14.3. The van der Waals surface area contributed by atoms with E-state index in [1.807, 2.05) is 12.1 Å². The lowest BCUT2D eigenvalue weighted by Gasteiger charge is -2.46. The van der Waals surface area contributed by atoms with E-state index in [1.54, 1.807) is 12.1 Å². The van der Waals surface area contributed by atoms with Gasteiger partial charge >= 0.3 is 0 Å². The van der Waals surface area contributed by atoms with Crippen molar-refractivity contribution in [3.05, 3.63) is 47.7 Å². The van der Waals surface area contributed by atoms with Gasteiger partial charge in [-0.1, -0.05) is 18.7 Å². The molecule has 1 aromatic rings. The van der Waals surface area contributed by atoms with Crippen LogP contribution in [-0.2, 0) is 0 Å². The monoisotopic (exact) mass is 326 g/mol. The topological polar surface area (TPSA) is 46.9 Å². The normalized spacial score (nSPS) is 35.2. The van der Waals surface area contributed by atoms with Crippen molar-refractivity contribution in [1.29, 1.82) is 0 Å². The molecule has 2 heterocycles. The van der Waals surface area contributed by atoms with Crippen LogP contribution in [0.3, 0.4) is 0 Å². The molecule has 128 valence electrons. The summed E-state index contributed by atoms with van der Waals surface area (Å²) in [5.74, 6) is 0.296. The van der Waals surface area contributed by atoms with Crippen molar-refractivity contribution in [3.8, 4) is 5.75 Å². The minimum absolute atomic E-state index is 0.0682. The summed E-state index contributed by atoms with van der Waals surface area (Å²) >= 11 is 0. The zero-order valence-electron chi connectivity index (χ0n) is 14.3. The van der Waals surface area contributed by atoms with E-state index < -0.39 is 0 Å². The molecule has 3 fully saturated rings. The summed E-state index contributed by atoms with van der Waals surface area (Å²) in [4.78, 5) is 4.99. The second-order valence-electron chi connectivity index (χ2n) is 7.71. The highest BCUT2D eigenvalue weighted by molar-refractivity contribution is 5.55. The van der Waals surface area contributed by atoms with Crippen LogP contribution in [0.5, 0.6) is 5.75 Å². The molecule has 24 heavy (non-hydrogen) atoms. The third-order valence-electron chi connectivity index (χ3n) is 6.15. The van der Waals surface area contributed by atoms with Gasteiger partial charge in [-0.25, -0.2) is 0 Å². The first kappa shape index (κ1) is 15.7. The number of aliphatic hydroxyl groups is 1. The lowest BCUT2D eigenvalue weighted by Crippen LogP contribution is -2.50. The Morgan fingerprint density at radius 3 is 2.71 bits per heavy atom. The van der Waals surface area contributed by atoms with E-state index in [4.69, 9.17) is 0 Å². The summed E-state index contributed by atoms with van der Waals surface area (Å²) in [7, 11) is 2.20. The molecular formula is C20H26N2O2. The third kappa shape index (κ3) is 2.54. The minimum Gasteiger partial charge on any atom is -0.508 e. The van der Waals surface area contributed by atoms with Gasteiger partial charge in [-0.15, -0.1) is 0 Å². The first-order valence-corrected chi connectivity index (χ1v) is 8.80. The first-order chi connectivity index (χ1) is 11.5. The second kappa shape index (κ2) is 5.64. The summed E-state index contributed by atoms with van der Waals surface area (Å²) in [6, 6.07) is 7.94. The van der Waals surface area contributed by atoms with Crippen molar-refractivity contribution in [3.63, 3.8) is 0 Å². The Morgan fingerprint density at radius 2 is 2.00 bits per heavy atom. The van der Waals surface area contributed by atoms with E-state index in [-0.39, 0.29) is 11.6 Å². The quantitative estimate of drug-likeness (QED) is 0.779. The molecule has 4 nitrogen and oxygen atoms in total. The van der Waals surface area contributed by atoms with Gasteiger partial charge in [0.25, 0.3) is 0 Å². The number of phenols is 1. The molecule has 1 aliphatic carbocycles. The maximum Gasteiger partial charge on any atom is 0.115 e. The van der Waals surface area contributed by atoms with Crippen molar-refractivity contribution in [1.82, 2.24) is 9.80 Å². The number of hydrogen-bond acceptors (Lipinski definition) is 4. The van der Waals surface area contributed by atoms with Crippen molar-refractivity contribution in [2.45, 2.75) is 43.4 Å². The van der Waals surface area contributed by atoms with Crippen LogP contribution >= 0.6 is 0 Å². The second-order valence-corrected chi connectivity index (χ2v) is 7.71. The van der Waals surface area contributed by atoms with Crippen LogP contribution in [0.1, 0.15) is 31.2 Å². The van der Waals surface area contributed by atoms with Crippen molar-refractivity contribution in [2.75, 3.05) is 20.1 Å². The first-order valence-electron chi connectivity index (χ1n) is 8.80. The van der Waals surface area contributed by atoms with Crippen LogP contribution in [0.25, 0.3) is 6.08 Å². The Hall–Kier alpha value is -1.78. The van der Waals surface area contributed by atoms with Gasteiger partial charge in [0.2, 0.25) is 0 Å². The van der Waals surface area contributed by atoms with Crippen LogP contribution in [-0.4, -0.2) is 57.8 Å². The largest absolute Gasteiger partial charge is 0.508 e. The molecule has 4 heteroatoms. The van der Waals surface area contributed by atoms with E-state index >= 15 is 0 Å². The predicted molar refractivity (Wildman–Crippen MR) is 95.6 cm³/mol. The maximum atomic E-state index is 10.4. The number of likely N-dealkylation sites (N-methyl/N-ethyl adjacent to an activating group) is 1. The average molecular weight is 326 g/mol. The molecule has 1 saturated carbocycles. The zero-order chi connectivity index (χ0) is 16.9. The number of benzene rings is 1. The Morgan fingerprint density at radius 1 is 1.25 bits per heavy atom. The number of aliphatic hydroxyl groups excluding tert-OH is 1. The molecule has 3 unspecified atom stereocenters. The summed E-state index contributed by atoms with van der Waals surface area (Å²) in [6.45, 7) is 6.00. The van der Waals surface area contributed by atoms with Crippen molar-refractivity contribution < 1.29 is 10.2 Å². The smallest absolute Gasteiger partial charge is 0.115 e. The van der Waals surface area contributed by atoms with Gasteiger partial charge in [0, 0.05) is 36.8 Å². The summed E-state index contributed by atoms with van der Waals surface area (Å²) < 4.78 is 0.